The van der Waals surface area contributed by atoms with Crippen molar-refractivity contribution in [2.75, 3.05) is 13.2 Å². The topological polar surface area (TPSA) is 18.5 Å². The molecule has 2 heterocycles. The van der Waals surface area contributed by atoms with Crippen molar-refractivity contribution in [1.29, 1.82) is 0 Å². The molecule has 0 atom stereocenters. The van der Waals surface area contributed by atoms with E-state index < -0.39 is 0 Å². The highest BCUT2D eigenvalue weighted by molar-refractivity contribution is 7.20. The SMILES string of the molecule is CCCCCCCCCCCCOc1ccc(-c2cc3cc(C)sc3c3cc4cc(-c5ccc(OCCCCCCCCCCCC)cc5)c5cc(C)sc5c4cc23)cc1. The smallest absolute Gasteiger partial charge is 0.119 e. The van der Waals surface area contributed by atoms with E-state index in [9.17, 15) is 0 Å². The van der Waals surface area contributed by atoms with Gasteiger partial charge in [-0.05, 0) is 126 Å². The van der Waals surface area contributed by atoms with E-state index in [1.807, 2.05) is 22.7 Å². The molecule has 0 saturated heterocycles. The zero-order valence-electron chi connectivity index (χ0n) is 37.3. The van der Waals surface area contributed by atoms with Gasteiger partial charge in [0.25, 0.3) is 0 Å². The summed E-state index contributed by atoms with van der Waals surface area (Å²) in [5.41, 5.74) is 5.07. The number of hydrogen-bond acceptors (Lipinski definition) is 4. The minimum atomic E-state index is 0.792. The summed E-state index contributed by atoms with van der Waals surface area (Å²) in [6.07, 6.45) is 26.8. The second kappa shape index (κ2) is 22.8. The molecule has 0 unspecified atom stereocenters. The Balaban J connectivity index is 1.04. The molecule has 0 aliphatic rings. The van der Waals surface area contributed by atoms with Crippen LogP contribution in [0.25, 0.3) is 64.0 Å². The summed E-state index contributed by atoms with van der Waals surface area (Å²) in [5, 5.41) is 7.95. The van der Waals surface area contributed by atoms with Crippen LogP contribution in [-0.2, 0) is 0 Å². The van der Waals surface area contributed by atoms with Crippen LogP contribution >= 0.6 is 22.7 Å². The van der Waals surface area contributed by atoms with Crippen LogP contribution in [0.5, 0.6) is 11.5 Å². The van der Waals surface area contributed by atoms with Gasteiger partial charge in [-0.3, -0.25) is 0 Å². The molecule has 0 spiro atoms. The molecule has 0 saturated carbocycles. The van der Waals surface area contributed by atoms with E-state index in [-0.39, 0.29) is 0 Å². The fourth-order valence-electron chi connectivity index (χ4n) is 9.07. The summed E-state index contributed by atoms with van der Waals surface area (Å²) < 4.78 is 15.2. The molecule has 2 nitrogen and oxygen atoms in total. The Hall–Kier alpha value is -3.86. The lowest BCUT2D eigenvalue weighted by Gasteiger charge is -2.14. The molecule has 60 heavy (non-hydrogen) atoms. The number of hydrogen-bond donors (Lipinski definition) is 0. The average molecular weight is 839 g/mol. The molecule has 0 bridgehead atoms. The van der Waals surface area contributed by atoms with Crippen molar-refractivity contribution in [1.82, 2.24) is 0 Å². The standard InChI is InChI=1S/C56H70O2S2/c1-5-7-9-11-13-15-17-19-21-23-33-57-47-29-25-43(26-30-47)49-39-46-35-41(3)59-55(46)54-38-45-37-50(53-36-42(4)60-56(53)51(45)40-52(49)54)44-27-31-48(32-28-44)58-34-24-22-20-18-16-14-12-10-8-6-2/h25-32,35-40H,5-24,33-34H2,1-4H3. The first-order chi connectivity index (χ1) is 29.5. The van der Waals surface area contributed by atoms with Gasteiger partial charge in [0.15, 0.2) is 0 Å². The van der Waals surface area contributed by atoms with E-state index in [4.69, 9.17) is 9.47 Å². The first kappa shape index (κ1) is 44.2. The molecule has 5 aromatic carbocycles. The van der Waals surface area contributed by atoms with Crippen LogP contribution in [0, 0.1) is 13.8 Å². The van der Waals surface area contributed by atoms with Gasteiger partial charge >= 0.3 is 0 Å². The maximum Gasteiger partial charge on any atom is 0.119 e. The molecule has 4 heteroatoms. The van der Waals surface area contributed by atoms with E-state index >= 15 is 0 Å². The lowest BCUT2D eigenvalue weighted by atomic mass is 9.91. The number of benzene rings is 5. The van der Waals surface area contributed by atoms with Gasteiger partial charge in [-0.2, -0.15) is 0 Å². The zero-order valence-corrected chi connectivity index (χ0v) is 38.9. The Labute approximate surface area is 369 Å². The van der Waals surface area contributed by atoms with Crippen molar-refractivity contribution < 1.29 is 9.47 Å². The molecule has 0 radical (unpaired) electrons. The predicted octanol–water partition coefficient (Wildman–Crippen LogP) is 19.0. The molecule has 2 aromatic heterocycles. The quantitative estimate of drug-likeness (QED) is 0.0400. The highest BCUT2D eigenvalue weighted by atomic mass is 32.1. The highest BCUT2D eigenvalue weighted by Crippen LogP contribution is 2.45. The Morgan fingerprint density at radius 3 is 1.32 bits per heavy atom. The number of fused-ring (bicyclic) bond motifs is 6. The van der Waals surface area contributed by atoms with Crippen molar-refractivity contribution >= 4 is 64.4 Å². The zero-order chi connectivity index (χ0) is 41.5. The van der Waals surface area contributed by atoms with E-state index in [0.29, 0.717) is 0 Å². The largest absolute Gasteiger partial charge is 0.494 e. The van der Waals surface area contributed by atoms with E-state index in [1.54, 1.807) is 0 Å². The maximum absolute atomic E-state index is 6.24. The third-order valence-corrected chi connectivity index (χ3v) is 14.6. The first-order valence-electron chi connectivity index (χ1n) is 23.8. The number of ether oxygens (including phenoxy) is 2. The van der Waals surface area contributed by atoms with Crippen molar-refractivity contribution in [3.63, 3.8) is 0 Å². The van der Waals surface area contributed by atoms with Crippen LogP contribution < -0.4 is 9.47 Å². The lowest BCUT2D eigenvalue weighted by Crippen LogP contribution is -1.97. The van der Waals surface area contributed by atoms with Crippen molar-refractivity contribution in [2.24, 2.45) is 0 Å². The maximum atomic E-state index is 6.24. The molecular weight excluding hydrogens is 769 g/mol. The average Bonchev–Trinajstić information content (AvgIpc) is 3.85. The Morgan fingerprint density at radius 1 is 0.367 bits per heavy atom. The molecule has 0 N–H and O–H groups in total. The molecule has 7 aromatic rings. The third kappa shape index (κ3) is 11.7. The summed E-state index contributed by atoms with van der Waals surface area (Å²) in [4.78, 5) is 2.69. The normalized spacial score (nSPS) is 11.8. The Kier molecular flexibility index (Phi) is 16.8. The number of aryl methyl sites for hydroxylation is 2. The molecule has 0 aliphatic heterocycles. The van der Waals surface area contributed by atoms with E-state index in [2.05, 4.69) is 113 Å². The van der Waals surface area contributed by atoms with Crippen molar-refractivity contribution in [3.8, 4) is 33.8 Å². The van der Waals surface area contributed by atoms with Crippen LogP contribution in [0.15, 0.2) is 84.9 Å². The predicted molar refractivity (Wildman–Crippen MR) is 267 cm³/mol. The van der Waals surface area contributed by atoms with Crippen molar-refractivity contribution in [3.05, 3.63) is 94.7 Å². The van der Waals surface area contributed by atoms with Crippen LogP contribution in [0.4, 0.5) is 0 Å². The summed E-state index contributed by atoms with van der Waals surface area (Å²) >= 11 is 3.83. The summed E-state index contributed by atoms with van der Waals surface area (Å²) in [7, 11) is 0. The number of unbranched alkanes of at least 4 members (excludes halogenated alkanes) is 18. The molecule has 0 fully saturated rings. The first-order valence-corrected chi connectivity index (χ1v) is 25.5. The second-order valence-electron chi connectivity index (χ2n) is 17.5. The minimum absolute atomic E-state index is 0.792. The van der Waals surface area contributed by atoms with Gasteiger partial charge in [0, 0.05) is 35.3 Å². The minimum Gasteiger partial charge on any atom is -0.494 e. The number of rotatable bonds is 26. The summed E-state index contributed by atoms with van der Waals surface area (Å²) in [6, 6.07) is 32.2. The van der Waals surface area contributed by atoms with Crippen LogP contribution in [0.1, 0.15) is 152 Å². The Morgan fingerprint density at radius 2 is 0.800 bits per heavy atom. The van der Waals surface area contributed by atoms with Crippen molar-refractivity contribution in [2.45, 2.75) is 156 Å². The fourth-order valence-corrected chi connectivity index (χ4v) is 11.2. The van der Waals surface area contributed by atoms with E-state index in [0.717, 1.165) is 37.6 Å². The van der Waals surface area contributed by atoms with E-state index in [1.165, 1.54) is 189 Å². The van der Waals surface area contributed by atoms with Gasteiger partial charge < -0.3 is 9.47 Å². The van der Waals surface area contributed by atoms with Gasteiger partial charge in [-0.25, -0.2) is 0 Å². The summed E-state index contributed by atoms with van der Waals surface area (Å²) in [5.74, 6) is 1.93. The molecule has 318 valence electrons. The van der Waals surface area contributed by atoms with Gasteiger partial charge in [0.2, 0.25) is 0 Å². The third-order valence-electron chi connectivity index (χ3n) is 12.5. The van der Waals surface area contributed by atoms with Gasteiger partial charge in [0.05, 0.1) is 13.2 Å². The van der Waals surface area contributed by atoms with Gasteiger partial charge in [-0.15, -0.1) is 22.7 Å². The van der Waals surface area contributed by atoms with Crippen LogP contribution in [0.3, 0.4) is 0 Å². The molecule has 7 rings (SSSR count). The number of thiophene rings is 2. The second-order valence-corrected chi connectivity index (χ2v) is 20.0. The van der Waals surface area contributed by atoms with Gasteiger partial charge in [-0.1, -0.05) is 154 Å². The monoisotopic (exact) mass is 838 g/mol. The molecular formula is C56H70O2S2. The summed E-state index contributed by atoms with van der Waals surface area (Å²) in [6.45, 7) is 10.6. The van der Waals surface area contributed by atoms with Crippen LogP contribution in [-0.4, -0.2) is 13.2 Å². The lowest BCUT2D eigenvalue weighted by molar-refractivity contribution is 0.304. The molecule has 0 aliphatic carbocycles. The fraction of sp³-hybridized carbons (Fsp3) is 0.464. The highest BCUT2D eigenvalue weighted by Gasteiger charge is 2.17. The van der Waals surface area contributed by atoms with Crippen LogP contribution in [0.2, 0.25) is 0 Å². The van der Waals surface area contributed by atoms with Gasteiger partial charge in [0.1, 0.15) is 11.5 Å². The Bertz CT molecular complexity index is 2380. The molecule has 0 amide bonds.